The van der Waals surface area contributed by atoms with Crippen LogP contribution in [-0.2, 0) is 19.1 Å². The molecular weight excluding hydrogens is 400 g/mol. The highest BCUT2D eigenvalue weighted by Gasteiger charge is 2.51. The zero-order valence-electron chi connectivity index (χ0n) is 21.4. The molecule has 1 aliphatic heterocycles. The molecule has 0 unspecified atom stereocenters. The molecular formula is C28H42O4. The van der Waals surface area contributed by atoms with Crippen molar-refractivity contribution in [1.29, 1.82) is 0 Å². The first kappa shape index (κ1) is 26.3. The van der Waals surface area contributed by atoms with E-state index in [1.165, 1.54) is 11.1 Å². The van der Waals surface area contributed by atoms with Crippen molar-refractivity contribution in [3.63, 3.8) is 0 Å². The molecule has 0 aromatic carbocycles. The lowest BCUT2D eigenvalue weighted by Crippen LogP contribution is -2.34. The Balaban J connectivity index is 1.92. The van der Waals surface area contributed by atoms with Crippen molar-refractivity contribution < 1.29 is 19.1 Å². The van der Waals surface area contributed by atoms with Gasteiger partial charge in [-0.2, -0.15) is 0 Å². The van der Waals surface area contributed by atoms with Gasteiger partial charge >= 0.3 is 0 Å². The van der Waals surface area contributed by atoms with E-state index in [4.69, 9.17) is 9.47 Å². The van der Waals surface area contributed by atoms with Crippen molar-refractivity contribution in [3.05, 3.63) is 46.3 Å². The van der Waals surface area contributed by atoms with Crippen LogP contribution in [0.2, 0.25) is 0 Å². The lowest BCUT2D eigenvalue weighted by molar-refractivity contribution is -0.188. The molecule has 0 saturated carbocycles. The molecule has 1 aliphatic carbocycles. The Morgan fingerprint density at radius 3 is 2.38 bits per heavy atom. The van der Waals surface area contributed by atoms with Gasteiger partial charge < -0.3 is 9.47 Å². The van der Waals surface area contributed by atoms with Gasteiger partial charge in [-0.25, -0.2) is 0 Å². The molecule has 4 heteroatoms. The summed E-state index contributed by atoms with van der Waals surface area (Å²) in [5, 5.41) is 0. The van der Waals surface area contributed by atoms with Gasteiger partial charge in [-0.1, -0.05) is 43.2 Å². The van der Waals surface area contributed by atoms with Crippen LogP contribution < -0.4 is 0 Å². The highest BCUT2D eigenvalue weighted by molar-refractivity contribution is 6.02. The molecule has 32 heavy (non-hydrogen) atoms. The summed E-state index contributed by atoms with van der Waals surface area (Å²) in [6.07, 6.45) is 11.1. The molecule has 2 aliphatic rings. The minimum atomic E-state index is -0.760. The average Bonchev–Trinajstić information content (AvgIpc) is 2.86. The second-order valence-corrected chi connectivity index (χ2v) is 10.2. The summed E-state index contributed by atoms with van der Waals surface area (Å²) < 4.78 is 11.8. The monoisotopic (exact) mass is 442 g/mol. The summed E-state index contributed by atoms with van der Waals surface area (Å²) in [7, 11) is 0. The predicted molar refractivity (Wildman–Crippen MR) is 130 cm³/mol. The van der Waals surface area contributed by atoms with E-state index >= 15 is 0 Å². The molecule has 178 valence electrons. The van der Waals surface area contributed by atoms with Crippen molar-refractivity contribution in [2.45, 2.75) is 99.7 Å². The van der Waals surface area contributed by atoms with Crippen LogP contribution in [0.5, 0.6) is 0 Å². The Labute approximate surface area is 194 Å². The minimum absolute atomic E-state index is 0.111. The summed E-state index contributed by atoms with van der Waals surface area (Å²) in [5.74, 6) is 0.260. The quantitative estimate of drug-likeness (QED) is 0.284. The van der Waals surface area contributed by atoms with E-state index in [0.29, 0.717) is 18.8 Å². The Morgan fingerprint density at radius 1 is 1.06 bits per heavy atom. The van der Waals surface area contributed by atoms with Crippen LogP contribution in [0.15, 0.2) is 46.3 Å². The molecule has 0 aromatic rings. The normalized spacial score (nSPS) is 26.7. The van der Waals surface area contributed by atoms with Gasteiger partial charge in [0.05, 0.1) is 6.61 Å². The maximum absolute atomic E-state index is 13.3. The average molecular weight is 443 g/mol. The van der Waals surface area contributed by atoms with Crippen LogP contribution >= 0.6 is 0 Å². The molecule has 0 spiro atoms. The fourth-order valence-corrected chi connectivity index (χ4v) is 4.38. The van der Waals surface area contributed by atoms with Crippen molar-refractivity contribution in [2.24, 2.45) is 11.3 Å². The Kier molecular flexibility index (Phi) is 8.87. The Morgan fingerprint density at radius 2 is 1.72 bits per heavy atom. The first-order valence-corrected chi connectivity index (χ1v) is 12.0. The number of allylic oxidation sites excluding steroid dienone is 7. The van der Waals surface area contributed by atoms with Gasteiger partial charge in [0, 0.05) is 25.7 Å². The maximum atomic E-state index is 13.3. The van der Waals surface area contributed by atoms with E-state index in [9.17, 15) is 9.59 Å². The number of carbonyl (C=O) groups excluding carboxylic acids is 2. The van der Waals surface area contributed by atoms with Crippen LogP contribution in [0.3, 0.4) is 0 Å². The molecule has 2 atom stereocenters. The van der Waals surface area contributed by atoms with Crippen molar-refractivity contribution in [3.8, 4) is 0 Å². The number of ether oxygens (including phenoxy) is 2. The molecule has 0 bridgehead atoms. The fraction of sp³-hybridized carbons (Fsp3) is 0.643. The van der Waals surface area contributed by atoms with Crippen molar-refractivity contribution >= 4 is 11.6 Å². The van der Waals surface area contributed by atoms with E-state index in [-0.39, 0.29) is 17.5 Å². The van der Waals surface area contributed by atoms with Crippen molar-refractivity contribution in [1.82, 2.24) is 0 Å². The molecule has 2 rings (SSSR count). The van der Waals surface area contributed by atoms with Crippen LogP contribution in [0.25, 0.3) is 0 Å². The first-order chi connectivity index (χ1) is 14.9. The summed E-state index contributed by atoms with van der Waals surface area (Å²) >= 11 is 0. The van der Waals surface area contributed by atoms with Gasteiger partial charge in [0.15, 0.2) is 11.5 Å². The predicted octanol–water partition coefficient (Wildman–Crippen LogP) is 7.02. The third-order valence-electron chi connectivity index (χ3n) is 7.19. The van der Waals surface area contributed by atoms with E-state index in [2.05, 4.69) is 39.8 Å². The summed E-state index contributed by atoms with van der Waals surface area (Å²) in [4.78, 5) is 25.3. The van der Waals surface area contributed by atoms with Crippen molar-refractivity contribution in [2.75, 3.05) is 6.61 Å². The third kappa shape index (κ3) is 6.31. The molecule has 0 N–H and O–H groups in total. The largest absolute Gasteiger partial charge is 0.459 e. The van der Waals surface area contributed by atoms with Crippen LogP contribution in [-0.4, -0.2) is 24.0 Å². The lowest BCUT2D eigenvalue weighted by atomic mass is 9.74. The lowest BCUT2D eigenvalue weighted by Gasteiger charge is -2.30. The van der Waals surface area contributed by atoms with Crippen LogP contribution in [0, 0.1) is 11.3 Å². The van der Waals surface area contributed by atoms with Gasteiger partial charge in [-0.15, -0.1) is 0 Å². The number of rotatable bonds is 9. The second kappa shape index (κ2) is 10.8. The molecule has 0 radical (unpaired) electrons. The molecule has 0 aromatic heterocycles. The standard InChI is InChI=1S/C28H42O4/c1-9-21(4)24(29)14-13-19(2)11-10-12-20(3)15-17-28(8)22(5)23-16-18-31-27(6,7)32-25(23)26(28)30/h9,11,15,22H,10,12-14,16-18H2,1-8H3/b19-11+,20-15+,21-9+/t22-,28+/m1/s1. The van der Waals surface area contributed by atoms with E-state index < -0.39 is 11.2 Å². The summed E-state index contributed by atoms with van der Waals surface area (Å²) in [6, 6.07) is 0. The maximum Gasteiger partial charge on any atom is 0.205 e. The third-order valence-corrected chi connectivity index (χ3v) is 7.19. The smallest absolute Gasteiger partial charge is 0.205 e. The highest BCUT2D eigenvalue weighted by atomic mass is 16.7. The van der Waals surface area contributed by atoms with Crippen LogP contribution in [0.1, 0.15) is 93.9 Å². The van der Waals surface area contributed by atoms with Gasteiger partial charge in [0.2, 0.25) is 11.6 Å². The van der Waals surface area contributed by atoms with Gasteiger partial charge in [-0.3, -0.25) is 9.59 Å². The summed E-state index contributed by atoms with van der Waals surface area (Å²) in [5.41, 5.74) is 4.04. The SMILES string of the molecule is C/C=C(\C)C(=O)CC/C(C)=C/CC/C(C)=C/C[C@]1(C)C(=O)C2=C(CCOC(C)(C)O2)[C@H]1C. The minimum Gasteiger partial charge on any atom is -0.459 e. The molecule has 0 amide bonds. The van der Waals surface area contributed by atoms with Gasteiger partial charge in [-0.05, 0) is 76.9 Å². The first-order valence-electron chi connectivity index (χ1n) is 12.0. The number of ketones is 2. The Hall–Kier alpha value is -1.94. The number of Topliss-reactive ketones (excluding diaryl/α,β-unsaturated/α-hetero) is 2. The number of hydrogen-bond donors (Lipinski definition) is 0. The Bertz CT molecular complexity index is 853. The topological polar surface area (TPSA) is 52.6 Å². The number of hydrogen-bond acceptors (Lipinski definition) is 4. The van der Waals surface area contributed by atoms with E-state index in [0.717, 1.165) is 43.3 Å². The second-order valence-electron chi connectivity index (χ2n) is 10.2. The molecule has 1 heterocycles. The van der Waals surface area contributed by atoms with E-state index in [1.54, 1.807) is 0 Å². The molecule has 0 fully saturated rings. The van der Waals surface area contributed by atoms with E-state index in [1.807, 2.05) is 33.8 Å². The molecule has 0 saturated heterocycles. The highest BCUT2D eigenvalue weighted by Crippen LogP contribution is 2.50. The number of carbonyl (C=O) groups is 2. The van der Waals surface area contributed by atoms with Gasteiger partial charge in [0.25, 0.3) is 0 Å². The van der Waals surface area contributed by atoms with Gasteiger partial charge in [0.1, 0.15) is 0 Å². The zero-order chi connectivity index (χ0) is 24.1. The molecule has 4 nitrogen and oxygen atoms in total. The summed E-state index contributed by atoms with van der Waals surface area (Å²) in [6.45, 7) is 16.6. The van der Waals surface area contributed by atoms with Crippen LogP contribution in [0.4, 0.5) is 0 Å². The zero-order valence-corrected chi connectivity index (χ0v) is 21.4. The fourth-order valence-electron chi connectivity index (χ4n) is 4.38.